The molecule has 2 aliphatic rings. The number of nitrogens with zero attached hydrogens (tertiary/aromatic N) is 6. The first-order valence-electron chi connectivity index (χ1n) is 12.4. The molecule has 0 aliphatic carbocycles. The largest absolute Gasteiger partial charge is 0.325 e. The van der Waals surface area contributed by atoms with Crippen LogP contribution in [0.5, 0.6) is 0 Å². The van der Waals surface area contributed by atoms with Gasteiger partial charge in [0.1, 0.15) is 0 Å². The van der Waals surface area contributed by atoms with Crippen molar-refractivity contribution in [2.24, 2.45) is 0 Å². The number of para-hydroxylation sites is 2. The molecule has 9 heteroatoms. The zero-order chi connectivity index (χ0) is 24.0. The van der Waals surface area contributed by atoms with E-state index in [1.54, 1.807) is 0 Å². The Morgan fingerprint density at radius 3 is 2.14 bits per heavy atom. The molecule has 1 N–H and O–H groups in total. The second-order valence-corrected chi connectivity index (χ2v) is 9.67. The average molecular weight is 492 g/mol. The molecule has 0 radical (unpaired) electrons. The van der Waals surface area contributed by atoms with Gasteiger partial charge in [0.2, 0.25) is 10.7 Å². The van der Waals surface area contributed by atoms with Gasteiger partial charge in [0.05, 0.1) is 19.8 Å². The number of likely N-dealkylation sites (tertiary alicyclic amines) is 1. The molecule has 8 nitrogen and oxygen atoms in total. The normalized spacial score (nSPS) is 17.6. The monoisotopic (exact) mass is 491 g/mol. The minimum Gasteiger partial charge on any atom is -0.325 e. The number of hydrogen-bond acceptors (Lipinski definition) is 6. The van der Waals surface area contributed by atoms with Gasteiger partial charge in [-0.3, -0.25) is 24.1 Å². The summed E-state index contributed by atoms with van der Waals surface area (Å²) in [4.78, 5) is 19.4. The van der Waals surface area contributed by atoms with Gasteiger partial charge in [-0.25, -0.2) is 4.68 Å². The van der Waals surface area contributed by atoms with Gasteiger partial charge >= 0.3 is 0 Å². The summed E-state index contributed by atoms with van der Waals surface area (Å²) in [5, 5.41) is 7.95. The van der Waals surface area contributed by atoms with Gasteiger partial charge in [-0.1, -0.05) is 36.4 Å². The van der Waals surface area contributed by atoms with E-state index in [9.17, 15) is 4.79 Å². The van der Waals surface area contributed by atoms with E-state index < -0.39 is 0 Å². The molecular formula is C26H33N7OS. The molecule has 5 rings (SSSR count). The zero-order valence-corrected chi connectivity index (χ0v) is 20.9. The molecule has 3 heterocycles. The summed E-state index contributed by atoms with van der Waals surface area (Å²) in [6, 6.07) is 19.9. The van der Waals surface area contributed by atoms with Crippen LogP contribution in [0.4, 0.5) is 5.69 Å². The highest BCUT2D eigenvalue weighted by molar-refractivity contribution is 7.71. The maximum atomic E-state index is 12.4. The van der Waals surface area contributed by atoms with E-state index in [1.807, 2.05) is 53.2 Å². The fraction of sp³-hybridized carbons (Fsp3) is 0.423. The molecule has 0 atom stereocenters. The minimum atomic E-state index is 0.0278. The summed E-state index contributed by atoms with van der Waals surface area (Å²) in [5.41, 5.74) is 1.90. The van der Waals surface area contributed by atoms with Crippen molar-refractivity contribution in [2.75, 3.05) is 51.1 Å². The lowest BCUT2D eigenvalue weighted by Crippen LogP contribution is -2.49. The predicted molar refractivity (Wildman–Crippen MR) is 140 cm³/mol. The number of carbonyl (C=O) groups is 1. The van der Waals surface area contributed by atoms with Crippen molar-refractivity contribution in [3.05, 3.63) is 71.3 Å². The van der Waals surface area contributed by atoms with Gasteiger partial charge in [-0.05, 0) is 62.4 Å². The Labute approximate surface area is 211 Å². The van der Waals surface area contributed by atoms with Crippen LogP contribution in [0.2, 0.25) is 0 Å². The fourth-order valence-electron chi connectivity index (χ4n) is 4.83. The smallest absolute Gasteiger partial charge is 0.238 e. The Hall–Kier alpha value is -2.85. The van der Waals surface area contributed by atoms with E-state index in [1.165, 1.54) is 12.8 Å². The van der Waals surface area contributed by atoms with Crippen molar-refractivity contribution in [3.63, 3.8) is 0 Å². The van der Waals surface area contributed by atoms with Gasteiger partial charge in [-0.2, -0.15) is 5.10 Å². The molecule has 0 unspecified atom stereocenters. The Morgan fingerprint density at radius 1 is 0.829 bits per heavy atom. The van der Waals surface area contributed by atoms with E-state index >= 15 is 0 Å². The Balaban J connectivity index is 1.21. The number of hydrogen-bond donors (Lipinski definition) is 1. The quantitative estimate of drug-likeness (QED) is 0.489. The van der Waals surface area contributed by atoms with Crippen molar-refractivity contribution < 1.29 is 4.79 Å². The molecule has 184 valence electrons. The third-order valence-electron chi connectivity index (χ3n) is 6.71. The van der Waals surface area contributed by atoms with Crippen LogP contribution < -0.4 is 5.32 Å². The number of nitrogens with one attached hydrogen (secondary N) is 1. The highest BCUT2D eigenvalue weighted by Gasteiger charge is 2.22. The summed E-state index contributed by atoms with van der Waals surface area (Å²) >= 11 is 5.90. The molecule has 2 aromatic carbocycles. The molecule has 2 saturated heterocycles. The van der Waals surface area contributed by atoms with Crippen molar-refractivity contribution in [2.45, 2.75) is 26.1 Å². The molecule has 0 bridgehead atoms. The average Bonchev–Trinajstić information content (AvgIpc) is 3.49. The van der Waals surface area contributed by atoms with Crippen LogP contribution in [0.25, 0.3) is 5.69 Å². The number of rotatable bonds is 8. The third-order valence-corrected chi connectivity index (χ3v) is 7.10. The number of carbonyl (C=O) groups excluding carboxylic acids is 1. The molecule has 2 fully saturated rings. The summed E-state index contributed by atoms with van der Waals surface area (Å²) in [7, 11) is 0. The van der Waals surface area contributed by atoms with Gasteiger partial charge in [0, 0.05) is 37.6 Å². The molecule has 35 heavy (non-hydrogen) atoms. The second-order valence-electron chi connectivity index (χ2n) is 9.30. The fourth-order valence-corrected chi connectivity index (χ4v) is 5.14. The van der Waals surface area contributed by atoms with Crippen LogP contribution in [0.15, 0.2) is 60.7 Å². The van der Waals surface area contributed by atoms with Gasteiger partial charge in [0.15, 0.2) is 5.82 Å². The van der Waals surface area contributed by atoms with Crippen LogP contribution in [0, 0.1) is 4.77 Å². The third kappa shape index (κ3) is 6.05. The second kappa shape index (κ2) is 11.3. The lowest BCUT2D eigenvalue weighted by molar-refractivity contribution is -0.117. The van der Waals surface area contributed by atoms with Crippen LogP contribution in [0.1, 0.15) is 18.7 Å². The van der Waals surface area contributed by atoms with E-state index in [2.05, 4.69) is 36.7 Å². The summed E-state index contributed by atoms with van der Waals surface area (Å²) < 4.78 is 4.82. The van der Waals surface area contributed by atoms with Gasteiger partial charge < -0.3 is 5.32 Å². The molecule has 3 aromatic rings. The number of anilines is 1. The van der Waals surface area contributed by atoms with Gasteiger partial charge in [-0.15, -0.1) is 0 Å². The highest BCUT2D eigenvalue weighted by Crippen LogP contribution is 2.17. The molecule has 2 aliphatic heterocycles. The number of amides is 1. The Morgan fingerprint density at radius 2 is 1.46 bits per heavy atom. The van der Waals surface area contributed by atoms with E-state index in [0.29, 0.717) is 13.2 Å². The first-order chi connectivity index (χ1) is 17.2. The SMILES string of the molecule is O=C(CN1CCN(Cn2nc(CN3CCCC3)n(-c3ccccc3)c2=S)CC1)Nc1ccccc1. The first-order valence-corrected chi connectivity index (χ1v) is 12.8. The first kappa shape index (κ1) is 23.9. The summed E-state index contributed by atoms with van der Waals surface area (Å²) in [6.45, 7) is 7.56. The molecule has 0 saturated carbocycles. The van der Waals surface area contributed by atoms with Crippen LogP contribution in [-0.2, 0) is 18.0 Å². The molecule has 1 aromatic heterocycles. The molecule has 1 amide bonds. The van der Waals surface area contributed by atoms with E-state index in [0.717, 1.165) is 67.8 Å². The lowest BCUT2D eigenvalue weighted by atomic mass is 10.3. The summed E-state index contributed by atoms with van der Waals surface area (Å²) in [5.74, 6) is 1.03. The van der Waals surface area contributed by atoms with E-state index in [4.69, 9.17) is 17.3 Å². The lowest BCUT2D eigenvalue weighted by Gasteiger charge is -2.33. The van der Waals surface area contributed by atoms with Crippen molar-refractivity contribution in [3.8, 4) is 5.69 Å². The van der Waals surface area contributed by atoms with Gasteiger partial charge in [0.25, 0.3) is 0 Å². The highest BCUT2D eigenvalue weighted by atomic mass is 32.1. The topological polar surface area (TPSA) is 61.6 Å². The Kier molecular flexibility index (Phi) is 7.68. The number of aromatic nitrogens is 3. The van der Waals surface area contributed by atoms with Crippen molar-refractivity contribution in [1.82, 2.24) is 29.0 Å². The number of piperazine rings is 1. The molecule has 0 spiro atoms. The Bertz CT molecular complexity index is 1160. The molecular weight excluding hydrogens is 458 g/mol. The van der Waals surface area contributed by atoms with Crippen LogP contribution >= 0.6 is 12.2 Å². The van der Waals surface area contributed by atoms with E-state index in [-0.39, 0.29) is 5.91 Å². The predicted octanol–water partition coefficient (Wildman–Crippen LogP) is 3.21. The maximum absolute atomic E-state index is 12.4. The van der Waals surface area contributed by atoms with Crippen molar-refractivity contribution >= 4 is 23.8 Å². The minimum absolute atomic E-state index is 0.0278. The summed E-state index contributed by atoms with van der Waals surface area (Å²) in [6.07, 6.45) is 2.50. The standard InChI is InChI=1S/C26H33N7OS/c34-25(27-22-9-3-1-4-10-22)20-30-15-17-31(18-16-30)21-32-26(35)33(23-11-5-2-6-12-23)24(28-32)19-29-13-7-8-14-29/h1-6,9-12H,7-8,13-21H2,(H,27,34). The van der Waals surface area contributed by atoms with Crippen LogP contribution in [-0.4, -0.2) is 80.8 Å². The zero-order valence-electron chi connectivity index (χ0n) is 20.1. The van der Waals surface area contributed by atoms with Crippen LogP contribution in [0.3, 0.4) is 0 Å². The van der Waals surface area contributed by atoms with Crippen molar-refractivity contribution in [1.29, 1.82) is 0 Å². The maximum Gasteiger partial charge on any atom is 0.238 e. The number of benzene rings is 2.